The van der Waals surface area contributed by atoms with Crippen molar-refractivity contribution in [2.75, 3.05) is 20.1 Å². The SMILES string of the molecule is CN1CCC2CC(=O)c3cc(F)ccc3C2C1. The molecule has 1 aromatic carbocycles. The summed E-state index contributed by atoms with van der Waals surface area (Å²) in [5.74, 6) is 0.670. The second kappa shape index (κ2) is 3.91. The first-order valence-corrected chi connectivity index (χ1v) is 6.16. The van der Waals surface area contributed by atoms with E-state index in [-0.39, 0.29) is 11.6 Å². The van der Waals surface area contributed by atoms with Gasteiger partial charge in [-0.05, 0) is 43.6 Å². The molecule has 0 spiro atoms. The molecule has 0 bridgehead atoms. The summed E-state index contributed by atoms with van der Waals surface area (Å²) in [5, 5.41) is 0. The molecule has 0 radical (unpaired) electrons. The highest BCUT2D eigenvalue weighted by Gasteiger charge is 2.36. The second-order valence-electron chi connectivity index (χ2n) is 5.28. The van der Waals surface area contributed by atoms with E-state index in [1.54, 1.807) is 6.07 Å². The summed E-state index contributed by atoms with van der Waals surface area (Å²) in [6.07, 6.45) is 1.67. The molecule has 2 nitrogen and oxygen atoms in total. The number of benzene rings is 1. The number of halogens is 1. The Morgan fingerprint density at radius 3 is 3.06 bits per heavy atom. The summed E-state index contributed by atoms with van der Waals surface area (Å²) in [7, 11) is 2.11. The Hall–Kier alpha value is -1.22. The minimum atomic E-state index is -0.306. The maximum atomic E-state index is 13.2. The maximum Gasteiger partial charge on any atom is 0.163 e. The topological polar surface area (TPSA) is 20.3 Å². The van der Waals surface area contributed by atoms with Gasteiger partial charge >= 0.3 is 0 Å². The third-order valence-corrected chi connectivity index (χ3v) is 4.12. The van der Waals surface area contributed by atoms with Gasteiger partial charge in [0, 0.05) is 24.4 Å². The van der Waals surface area contributed by atoms with Gasteiger partial charge in [0.05, 0.1) is 0 Å². The van der Waals surface area contributed by atoms with Crippen molar-refractivity contribution in [3.8, 4) is 0 Å². The summed E-state index contributed by atoms with van der Waals surface area (Å²) in [5.41, 5.74) is 1.67. The number of hydrogen-bond donors (Lipinski definition) is 0. The van der Waals surface area contributed by atoms with Crippen molar-refractivity contribution < 1.29 is 9.18 Å². The first-order chi connectivity index (χ1) is 8.15. The monoisotopic (exact) mass is 233 g/mol. The maximum absolute atomic E-state index is 13.2. The number of carbonyl (C=O) groups excluding carboxylic acids is 1. The Morgan fingerprint density at radius 2 is 2.24 bits per heavy atom. The molecule has 90 valence electrons. The number of hydrogen-bond acceptors (Lipinski definition) is 2. The van der Waals surface area contributed by atoms with Crippen LogP contribution in [0.15, 0.2) is 18.2 Å². The second-order valence-corrected chi connectivity index (χ2v) is 5.28. The molecule has 1 saturated heterocycles. The van der Waals surface area contributed by atoms with Gasteiger partial charge in [-0.1, -0.05) is 6.07 Å². The minimum Gasteiger partial charge on any atom is -0.306 e. The third kappa shape index (κ3) is 1.78. The van der Waals surface area contributed by atoms with Crippen molar-refractivity contribution in [3.63, 3.8) is 0 Å². The predicted octanol–water partition coefficient (Wildman–Crippen LogP) is 2.45. The number of likely N-dealkylation sites (tertiary alicyclic amines) is 1. The van der Waals surface area contributed by atoms with E-state index in [4.69, 9.17) is 0 Å². The number of rotatable bonds is 0. The molecule has 0 amide bonds. The fourth-order valence-corrected chi connectivity index (χ4v) is 3.20. The van der Waals surface area contributed by atoms with Crippen LogP contribution in [0.1, 0.15) is 34.7 Å². The normalized spacial score (nSPS) is 28.7. The van der Waals surface area contributed by atoms with E-state index in [9.17, 15) is 9.18 Å². The van der Waals surface area contributed by atoms with Crippen molar-refractivity contribution in [1.29, 1.82) is 0 Å². The van der Waals surface area contributed by atoms with Gasteiger partial charge in [0.1, 0.15) is 5.82 Å². The van der Waals surface area contributed by atoms with Crippen molar-refractivity contribution in [3.05, 3.63) is 35.1 Å². The first kappa shape index (κ1) is 10.9. The largest absolute Gasteiger partial charge is 0.306 e. The van der Waals surface area contributed by atoms with Crippen LogP contribution in [-0.4, -0.2) is 30.8 Å². The third-order valence-electron chi connectivity index (χ3n) is 4.12. The van der Waals surface area contributed by atoms with Gasteiger partial charge in [0.15, 0.2) is 5.78 Å². The summed E-state index contributed by atoms with van der Waals surface area (Å²) in [6.45, 7) is 2.04. The number of fused-ring (bicyclic) bond motifs is 3. The molecule has 2 aliphatic rings. The highest BCUT2D eigenvalue weighted by Crippen LogP contribution is 2.40. The molecule has 1 aromatic rings. The van der Waals surface area contributed by atoms with Crippen molar-refractivity contribution >= 4 is 5.78 Å². The standard InChI is InChI=1S/C14H16FNO/c1-16-5-4-9-6-14(17)12-7-10(15)2-3-11(12)13(9)8-16/h2-3,7,9,13H,4-6,8H2,1H3. The lowest BCUT2D eigenvalue weighted by atomic mass is 9.71. The van der Waals surface area contributed by atoms with Crippen molar-refractivity contribution in [2.45, 2.75) is 18.8 Å². The Bertz CT molecular complexity index is 471. The summed E-state index contributed by atoms with van der Waals surface area (Å²) in [6, 6.07) is 4.68. The Labute approximate surface area is 100 Å². The number of Topliss-reactive ketones (excluding diaryl/α,β-unsaturated/α-hetero) is 1. The van der Waals surface area contributed by atoms with E-state index in [1.807, 2.05) is 0 Å². The lowest BCUT2D eigenvalue weighted by Gasteiger charge is -2.40. The van der Waals surface area contributed by atoms with Crippen LogP contribution >= 0.6 is 0 Å². The first-order valence-electron chi connectivity index (χ1n) is 6.16. The molecule has 1 aliphatic carbocycles. The fourth-order valence-electron chi connectivity index (χ4n) is 3.20. The van der Waals surface area contributed by atoms with E-state index >= 15 is 0 Å². The zero-order valence-corrected chi connectivity index (χ0v) is 9.95. The molecule has 3 heteroatoms. The Balaban J connectivity index is 2.05. The van der Waals surface area contributed by atoms with E-state index in [0.29, 0.717) is 23.8 Å². The molecule has 3 rings (SSSR count). The van der Waals surface area contributed by atoms with Crippen molar-refractivity contribution in [2.24, 2.45) is 5.92 Å². The van der Waals surface area contributed by atoms with Crippen LogP contribution in [0.25, 0.3) is 0 Å². The van der Waals surface area contributed by atoms with E-state index in [1.165, 1.54) is 12.1 Å². The van der Waals surface area contributed by atoms with Crippen LogP contribution in [-0.2, 0) is 0 Å². The molecule has 2 atom stereocenters. The molecular formula is C14H16FNO. The number of ketones is 1. The smallest absolute Gasteiger partial charge is 0.163 e. The summed E-state index contributed by atoms with van der Waals surface area (Å²) >= 11 is 0. The molecule has 1 fully saturated rings. The fraction of sp³-hybridized carbons (Fsp3) is 0.500. The molecular weight excluding hydrogens is 217 g/mol. The lowest BCUT2D eigenvalue weighted by Crippen LogP contribution is -2.40. The minimum absolute atomic E-state index is 0.116. The number of piperidine rings is 1. The van der Waals surface area contributed by atoms with Crippen LogP contribution in [0.2, 0.25) is 0 Å². The zero-order valence-electron chi connectivity index (χ0n) is 9.95. The van der Waals surface area contributed by atoms with Crippen molar-refractivity contribution in [1.82, 2.24) is 4.90 Å². The van der Waals surface area contributed by atoms with Crippen LogP contribution in [0, 0.1) is 11.7 Å². The zero-order chi connectivity index (χ0) is 12.0. The molecule has 1 heterocycles. The molecule has 1 aliphatic heterocycles. The molecule has 0 N–H and O–H groups in total. The van der Waals surface area contributed by atoms with Crippen LogP contribution in [0.3, 0.4) is 0 Å². The quantitative estimate of drug-likeness (QED) is 0.686. The number of nitrogens with zero attached hydrogens (tertiary/aromatic N) is 1. The van der Waals surface area contributed by atoms with E-state index in [0.717, 1.165) is 25.1 Å². The van der Waals surface area contributed by atoms with Crippen LogP contribution in [0.5, 0.6) is 0 Å². The predicted molar refractivity (Wildman–Crippen MR) is 63.7 cm³/mol. The Kier molecular flexibility index (Phi) is 2.51. The van der Waals surface area contributed by atoms with Gasteiger partial charge in [-0.3, -0.25) is 4.79 Å². The van der Waals surface area contributed by atoms with Gasteiger partial charge in [0.2, 0.25) is 0 Å². The summed E-state index contributed by atoms with van der Waals surface area (Å²) < 4.78 is 13.2. The molecule has 0 aromatic heterocycles. The molecule has 17 heavy (non-hydrogen) atoms. The highest BCUT2D eigenvalue weighted by molar-refractivity contribution is 5.99. The highest BCUT2D eigenvalue weighted by atomic mass is 19.1. The van der Waals surface area contributed by atoms with Gasteiger partial charge in [-0.25, -0.2) is 4.39 Å². The molecule has 2 unspecified atom stereocenters. The van der Waals surface area contributed by atoms with Gasteiger partial charge < -0.3 is 4.90 Å². The average molecular weight is 233 g/mol. The molecule has 0 saturated carbocycles. The van der Waals surface area contributed by atoms with Crippen LogP contribution < -0.4 is 0 Å². The van der Waals surface area contributed by atoms with Gasteiger partial charge in [0.25, 0.3) is 0 Å². The van der Waals surface area contributed by atoms with E-state index in [2.05, 4.69) is 11.9 Å². The summed E-state index contributed by atoms with van der Waals surface area (Å²) in [4.78, 5) is 14.3. The van der Waals surface area contributed by atoms with Gasteiger partial charge in [-0.2, -0.15) is 0 Å². The average Bonchev–Trinajstić information content (AvgIpc) is 2.30. The van der Waals surface area contributed by atoms with Gasteiger partial charge in [-0.15, -0.1) is 0 Å². The van der Waals surface area contributed by atoms with Crippen LogP contribution in [0.4, 0.5) is 4.39 Å². The Morgan fingerprint density at radius 1 is 1.41 bits per heavy atom. The number of carbonyl (C=O) groups is 1. The van der Waals surface area contributed by atoms with E-state index < -0.39 is 0 Å². The number of likely N-dealkylation sites (N-methyl/N-ethyl adjacent to an activating group) is 1. The lowest BCUT2D eigenvalue weighted by molar-refractivity contribution is 0.0886.